The lowest BCUT2D eigenvalue weighted by Gasteiger charge is -2.40. The molecule has 0 bridgehead atoms. The quantitative estimate of drug-likeness (QED) is 0.675. The van der Waals surface area contributed by atoms with Gasteiger partial charge >= 0.3 is 5.97 Å². The topological polar surface area (TPSA) is 46.5 Å². The van der Waals surface area contributed by atoms with Gasteiger partial charge in [0.05, 0.1) is 6.10 Å². The Bertz CT molecular complexity index is 239. The van der Waals surface area contributed by atoms with Gasteiger partial charge in [-0.3, -0.25) is 4.79 Å². The first-order valence-electron chi connectivity index (χ1n) is 6.00. The van der Waals surface area contributed by atoms with Crippen LogP contribution < -0.4 is 0 Å². The van der Waals surface area contributed by atoms with Crippen molar-refractivity contribution in [2.24, 2.45) is 11.8 Å². The maximum absolute atomic E-state index is 10.9. The molecule has 0 aromatic carbocycles. The minimum Gasteiger partial charge on any atom is -0.463 e. The zero-order chi connectivity index (χ0) is 10.8. The standard InChI is InChI=1S/C12H20O3/c1-8(13)15-12-5-3-9-6-11(14)4-2-10(9)7-12/h9-12,14H,2-7H2,1H3/t9?,10?,11-,12+/m0/s1. The largest absolute Gasteiger partial charge is 0.463 e. The predicted molar refractivity (Wildman–Crippen MR) is 56.2 cm³/mol. The smallest absolute Gasteiger partial charge is 0.302 e. The zero-order valence-corrected chi connectivity index (χ0v) is 9.32. The van der Waals surface area contributed by atoms with E-state index >= 15 is 0 Å². The van der Waals surface area contributed by atoms with Crippen LogP contribution in [0.5, 0.6) is 0 Å². The van der Waals surface area contributed by atoms with Crippen molar-refractivity contribution in [2.45, 2.75) is 57.7 Å². The number of carbonyl (C=O) groups is 1. The summed E-state index contributed by atoms with van der Waals surface area (Å²) in [7, 11) is 0. The van der Waals surface area contributed by atoms with Gasteiger partial charge in [0.1, 0.15) is 6.10 Å². The molecule has 2 unspecified atom stereocenters. The van der Waals surface area contributed by atoms with Gasteiger partial charge in [-0.15, -0.1) is 0 Å². The van der Waals surface area contributed by atoms with Gasteiger partial charge < -0.3 is 9.84 Å². The van der Waals surface area contributed by atoms with Crippen molar-refractivity contribution in [3.05, 3.63) is 0 Å². The van der Waals surface area contributed by atoms with Crippen molar-refractivity contribution in [3.8, 4) is 0 Å². The van der Waals surface area contributed by atoms with Crippen LogP contribution in [0.4, 0.5) is 0 Å². The van der Waals surface area contributed by atoms with Gasteiger partial charge in [-0.2, -0.15) is 0 Å². The van der Waals surface area contributed by atoms with E-state index in [0.29, 0.717) is 11.8 Å². The minimum absolute atomic E-state index is 0.0866. The number of hydrogen-bond donors (Lipinski definition) is 1. The monoisotopic (exact) mass is 212 g/mol. The fraction of sp³-hybridized carbons (Fsp3) is 0.917. The molecule has 0 saturated heterocycles. The zero-order valence-electron chi connectivity index (χ0n) is 9.32. The third kappa shape index (κ3) is 2.71. The van der Waals surface area contributed by atoms with Crippen molar-refractivity contribution in [1.82, 2.24) is 0 Å². The molecule has 15 heavy (non-hydrogen) atoms. The average Bonchev–Trinajstić information content (AvgIpc) is 2.17. The lowest BCUT2D eigenvalue weighted by molar-refractivity contribution is -0.150. The molecular formula is C12H20O3. The van der Waals surface area contributed by atoms with E-state index in [2.05, 4.69) is 0 Å². The summed E-state index contributed by atoms with van der Waals surface area (Å²) in [5.74, 6) is 1.18. The van der Waals surface area contributed by atoms with Crippen LogP contribution in [0.2, 0.25) is 0 Å². The van der Waals surface area contributed by atoms with Gasteiger partial charge in [0, 0.05) is 6.92 Å². The van der Waals surface area contributed by atoms with E-state index in [-0.39, 0.29) is 18.2 Å². The van der Waals surface area contributed by atoms with Crippen LogP contribution >= 0.6 is 0 Å². The Hall–Kier alpha value is -0.570. The number of aliphatic hydroxyl groups is 1. The molecule has 0 radical (unpaired) electrons. The summed E-state index contributed by atoms with van der Waals surface area (Å²) in [6.45, 7) is 1.48. The van der Waals surface area contributed by atoms with E-state index in [1.165, 1.54) is 6.92 Å². The Labute approximate surface area is 90.8 Å². The van der Waals surface area contributed by atoms with Gasteiger partial charge in [-0.25, -0.2) is 0 Å². The summed E-state index contributed by atoms with van der Waals surface area (Å²) >= 11 is 0. The first-order chi connectivity index (χ1) is 7.15. The summed E-state index contributed by atoms with van der Waals surface area (Å²) in [5.41, 5.74) is 0. The van der Waals surface area contributed by atoms with Crippen LogP contribution in [0.3, 0.4) is 0 Å². The molecule has 0 aromatic heterocycles. The third-order valence-corrected chi connectivity index (χ3v) is 3.87. The molecule has 3 nitrogen and oxygen atoms in total. The van der Waals surface area contributed by atoms with E-state index in [9.17, 15) is 9.90 Å². The van der Waals surface area contributed by atoms with Crippen LogP contribution in [0.1, 0.15) is 45.4 Å². The normalized spacial score (nSPS) is 40.7. The van der Waals surface area contributed by atoms with E-state index in [1.54, 1.807) is 0 Å². The fourth-order valence-electron chi connectivity index (χ4n) is 3.16. The van der Waals surface area contributed by atoms with Crippen LogP contribution in [-0.2, 0) is 9.53 Å². The molecule has 1 N–H and O–H groups in total. The fourth-order valence-corrected chi connectivity index (χ4v) is 3.16. The summed E-state index contributed by atoms with van der Waals surface area (Å²) < 4.78 is 5.27. The van der Waals surface area contributed by atoms with Crippen LogP contribution in [-0.4, -0.2) is 23.3 Å². The molecule has 2 aliphatic carbocycles. The van der Waals surface area contributed by atoms with Crippen molar-refractivity contribution >= 4 is 5.97 Å². The highest BCUT2D eigenvalue weighted by molar-refractivity contribution is 5.66. The van der Waals surface area contributed by atoms with Crippen molar-refractivity contribution < 1.29 is 14.6 Å². The number of rotatable bonds is 1. The van der Waals surface area contributed by atoms with Crippen molar-refractivity contribution in [1.29, 1.82) is 0 Å². The van der Waals surface area contributed by atoms with Crippen molar-refractivity contribution in [3.63, 3.8) is 0 Å². The Morgan fingerprint density at radius 2 is 1.80 bits per heavy atom. The lowest BCUT2D eigenvalue weighted by atomic mass is 9.69. The number of carbonyl (C=O) groups excluding carboxylic acids is 1. The lowest BCUT2D eigenvalue weighted by Crippen LogP contribution is -2.36. The second kappa shape index (κ2) is 4.52. The van der Waals surface area contributed by atoms with Crippen LogP contribution in [0.15, 0.2) is 0 Å². The summed E-state index contributed by atoms with van der Waals surface area (Å²) in [4.78, 5) is 10.9. The molecule has 86 valence electrons. The summed E-state index contributed by atoms with van der Waals surface area (Å²) in [5, 5.41) is 9.57. The predicted octanol–water partition coefficient (Wildman–Crippen LogP) is 1.88. The van der Waals surface area contributed by atoms with E-state index in [1.807, 2.05) is 0 Å². The molecule has 2 fully saturated rings. The van der Waals surface area contributed by atoms with E-state index in [0.717, 1.165) is 38.5 Å². The van der Waals surface area contributed by atoms with Gasteiger partial charge in [0.25, 0.3) is 0 Å². The number of hydrogen-bond acceptors (Lipinski definition) is 3. The third-order valence-electron chi connectivity index (χ3n) is 3.87. The molecule has 0 aromatic rings. The molecule has 2 rings (SSSR count). The first kappa shape index (κ1) is 10.9. The molecule has 2 saturated carbocycles. The second-order valence-electron chi connectivity index (χ2n) is 5.03. The van der Waals surface area contributed by atoms with Gasteiger partial charge in [-0.05, 0) is 50.4 Å². The summed E-state index contributed by atoms with van der Waals surface area (Å²) in [6, 6.07) is 0. The number of aliphatic hydroxyl groups excluding tert-OH is 1. The van der Waals surface area contributed by atoms with Crippen molar-refractivity contribution in [2.75, 3.05) is 0 Å². The molecule has 0 amide bonds. The van der Waals surface area contributed by atoms with Gasteiger partial charge in [-0.1, -0.05) is 0 Å². The molecule has 0 heterocycles. The molecule has 4 atom stereocenters. The number of fused-ring (bicyclic) bond motifs is 1. The molecule has 0 spiro atoms. The number of esters is 1. The second-order valence-corrected chi connectivity index (χ2v) is 5.03. The highest BCUT2D eigenvalue weighted by Crippen LogP contribution is 2.41. The van der Waals surface area contributed by atoms with Crippen LogP contribution in [0, 0.1) is 11.8 Å². The maximum atomic E-state index is 10.9. The highest BCUT2D eigenvalue weighted by atomic mass is 16.5. The van der Waals surface area contributed by atoms with Gasteiger partial charge in [0.15, 0.2) is 0 Å². The SMILES string of the molecule is CC(=O)O[C@@H]1CCC2C[C@@H](O)CCC2C1. The maximum Gasteiger partial charge on any atom is 0.302 e. The van der Waals surface area contributed by atoms with E-state index < -0.39 is 0 Å². The Kier molecular flexibility index (Phi) is 3.29. The molecule has 0 aliphatic heterocycles. The summed E-state index contributed by atoms with van der Waals surface area (Å²) in [6.07, 6.45) is 6.13. The first-order valence-corrected chi connectivity index (χ1v) is 6.00. The van der Waals surface area contributed by atoms with Crippen LogP contribution in [0.25, 0.3) is 0 Å². The van der Waals surface area contributed by atoms with E-state index in [4.69, 9.17) is 4.74 Å². The Balaban J connectivity index is 1.87. The Morgan fingerprint density at radius 3 is 2.53 bits per heavy atom. The minimum atomic E-state index is -0.158. The molecule has 2 aliphatic rings. The average molecular weight is 212 g/mol. The number of ether oxygens (including phenoxy) is 1. The molecular weight excluding hydrogens is 192 g/mol. The molecule has 3 heteroatoms. The Morgan fingerprint density at radius 1 is 1.13 bits per heavy atom. The van der Waals surface area contributed by atoms with Gasteiger partial charge in [0.2, 0.25) is 0 Å². The highest BCUT2D eigenvalue weighted by Gasteiger charge is 2.35.